The number of esters is 3. The van der Waals surface area contributed by atoms with E-state index >= 15 is 0 Å². The second kappa shape index (κ2) is 8.51. The summed E-state index contributed by atoms with van der Waals surface area (Å²) >= 11 is 0. The summed E-state index contributed by atoms with van der Waals surface area (Å²) in [6.07, 6.45) is 3.14. The molecule has 12 atom stereocenters. The lowest BCUT2D eigenvalue weighted by Crippen LogP contribution is -2.92. The largest absolute Gasteiger partial charge is 0.472 e. The summed E-state index contributed by atoms with van der Waals surface area (Å²) in [5, 5.41) is 26.5. The van der Waals surface area contributed by atoms with E-state index in [4.69, 9.17) is 32.8 Å². The van der Waals surface area contributed by atoms with Gasteiger partial charge in [-0.15, -0.1) is 0 Å². The van der Waals surface area contributed by atoms with Crippen molar-refractivity contribution in [3.05, 3.63) is 47.5 Å². The summed E-state index contributed by atoms with van der Waals surface area (Å²) in [6, 6.07) is 1.74. The summed E-state index contributed by atoms with van der Waals surface area (Å²) in [6.45, 7) is 10.5. The van der Waals surface area contributed by atoms with Crippen LogP contribution >= 0.6 is 0 Å². The van der Waals surface area contributed by atoms with Gasteiger partial charge in [-0.05, 0) is 50.7 Å². The monoisotopic (exact) mass is 640 g/mol. The van der Waals surface area contributed by atoms with Crippen molar-refractivity contribution >= 4 is 17.9 Å². The fourth-order valence-electron chi connectivity index (χ4n) is 11.6. The maximum atomic E-state index is 13.5. The summed E-state index contributed by atoms with van der Waals surface area (Å²) in [5.41, 5.74) is -9.27. The molecule has 4 heterocycles. The van der Waals surface area contributed by atoms with Crippen LogP contribution in [0.3, 0.4) is 0 Å². The maximum absolute atomic E-state index is 13.5. The predicted octanol–water partition coefficient (Wildman–Crippen LogP) is 3.16. The molecule has 7 aliphatic rings. The number of aliphatic hydroxyl groups is 2. The standard InChI is InChI=1S/C34H40O12/c1-8-17(2)24(37)43-25-28(4)16-31(38)29(5,19(28)13-21(35)40-7)32-11-10-27(3)20(14-22(36)42-23(27)18-9-12-41-15-18)34(32)26(33(25,31)39)44-30(6,45-32)46-34/h8-9,12,14-15,19,23,25-26,38-39H,10-11,13,16H2,1-7H3/b17-8+/t19-,23-,25-,26+,27+,28-,29+,30?,31+,32-,33-,34+/m0/s1. The Bertz CT molecular complexity index is 1650. The van der Waals surface area contributed by atoms with Crippen molar-refractivity contribution in [2.75, 3.05) is 7.11 Å². The average molecular weight is 641 g/mol. The van der Waals surface area contributed by atoms with Crippen LogP contribution in [0.1, 0.15) is 78.9 Å². The van der Waals surface area contributed by atoms with E-state index in [-0.39, 0.29) is 12.8 Å². The summed E-state index contributed by atoms with van der Waals surface area (Å²) < 4.78 is 43.0. The van der Waals surface area contributed by atoms with Crippen LogP contribution in [0.15, 0.2) is 46.3 Å². The van der Waals surface area contributed by atoms with E-state index in [0.717, 1.165) is 0 Å². The molecule has 12 heteroatoms. The van der Waals surface area contributed by atoms with Gasteiger partial charge in [0, 0.05) is 46.8 Å². The van der Waals surface area contributed by atoms with Crippen molar-refractivity contribution < 1.29 is 57.4 Å². The van der Waals surface area contributed by atoms with E-state index in [2.05, 4.69) is 0 Å². The van der Waals surface area contributed by atoms with Crippen LogP contribution in [-0.4, -0.2) is 75.8 Å². The van der Waals surface area contributed by atoms with Crippen LogP contribution < -0.4 is 0 Å². The molecule has 1 spiro atoms. The molecular weight excluding hydrogens is 600 g/mol. The number of furan rings is 1. The number of methoxy groups -OCH3 is 1. The molecule has 0 aromatic carbocycles. The molecule has 4 saturated carbocycles. The van der Waals surface area contributed by atoms with Gasteiger partial charge in [-0.2, -0.15) is 0 Å². The summed E-state index contributed by atoms with van der Waals surface area (Å²) in [7, 11) is 1.29. The van der Waals surface area contributed by atoms with Gasteiger partial charge in [-0.3, -0.25) is 4.79 Å². The van der Waals surface area contributed by atoms with Gasteiger partial charge in [0.2, 0.25) is 0 Å². The van der Waals surface area contributed by atoms with Crippen LogP contribution in [0.4, 0.5) is 0 Å². The van der Waals surface area contributed by atoms with Crippen LogP contribution in [0.25, 0.3) is 0 Å². The van der Waals surface area contributed by atoms with Gasteiger partial charge < -0.3 is 43.1 Å². The highest BCUT2D eigenvalue weighted by molar-refractivity contribution is 5.88. The number of cyclic esters (lactones) is 1. The highest BCUT2D eigenvalue weighted by Gasteiger charge is 3.01. The number of rotatable bonds is 5. The topological polar surface area (TPSA) is 160 Å². The molecule has 3 aliphatic heterocycles. The van der Waals surface area contributed by atoms with E-state index < -0.39 is 86.8 Å². The smallest absolute Gasteiger partial charge is 0.333 e. The molecule has 4 bridgehead atoms. The minimum absolute atomic E-state index is 0.0186. The van der Waals surface area contributed by atoms with Crippen molar-refractivity contribution in [1.82, 2.24) is 0 Å². The fraction of sp³-hybridized carbons (Fsp3) is 0.676. The minimum Gasteiger partial charge on any atom is -0.472 e. The Hall–Kier alpha value is -3.03. The third kappa shape index (κ3) is 2.83. The molecule has 6 fully saturated rings. The minimum atomic E-state index is -2.26. The molecule has 0 amide bonds. The lowest BCUT2D eigenvalue weighted by Gasteiger charge is -2.75. The number of hydrogen-bond acceptors (Lipinski definition) is 12. The number of carbonyl (C=O) groups is 3. The first-order chi connectivity index (χ1) is 21.5. The first kappa shape index (κ1) is 30.3. The molecule has 4 aliphatic carbocycles. The number of carbonyl (C=O) groups excluding carboxylic acids is 3. The van der Waals surface area contributed by atoms with Gasteiger partial charge in [-0.25, -0.2) is 9.59 Å². The normalized spacial score (nSPS) is 52.5. The molecule has 2 N–H and O–H groups in total. The van der Waals surface area contributed by atoms with Crippen molar-refractivity contribution in [2.24, 2.45) is 22.2 Å². The van der Waals surface area contributed by atoms with Crippen LogP contribution in [0, 0.1) is 22.2 Å². The fourth-order valence-corrected chi connectivity index (χ4v) is 11.6. The Labute approximate surface area is 266 Å². The highest BCUT2D eigenvalue weighted by atomic mass is 16.9. The molecule has 46 heavy (non-hydrogen) atoms. The number of hydrogen-bond donors (Lipinski definition) is 2. The van der Waals surface area contributed by atoms with Gasteiger partial charge in [0.25, 0.3) is 5.97 Å². The second-order valence-corrected chi connectivity index (χ2v) is 15.1. The molecule has 248 valence electrons. The lowest BCUT2D eigenvalue weighted by atomic mass is 9.35. The summed E-state index contributed by atoms with van der Waals surface area (Å²) in [4.78, 5) is 40.1. The highest BCUT2D eigenvalue weighted by Crippen LogP contribution is 2.87. The van der Waals surface area contributed by atoms with Gasteiger partial charge in [0.05, 0.1) is 19.6 Å². The molecular formula is C34H40O12. The first-order valence-electron chi connectivity index (χ1n) is 15.9. The van der Waals surface area contributed by atoms with Crippen molar-refractivity contribution in [3.63, 3.8) is 0 Å². The van der Waals surface area contributed by atoms with Crippen molar-refractivity contribution in [1.29, 1.82) is 0 Å². The Balaban J connectivity index is 1.42. The van der Waals surface area contributed by atoms with E-state index in [1.165, 1.54) is 25.7 Å². The zero-order chi connectivity index (χ0) is 33.1. The van der Waals surface area contributed by atoms with Crippen LogP contribution in [0.5, 0.6) is 0 Å². The van der Waals surface area contributed by atoms with E-state index in [9.17, 15) is 24.6 Å². The van der Waals surface area contributed by atoms with Gasteiger partial charge in [-0.1, -0.05) is 26.8 Å². The van der Waals surface area contributed by atoms with Crippen LogP contribution in [-0.2, 0) is 42.8 Å². The second-order valence-electron chi connectivity index (χ2n) is 15.1. The average Bonchev–Trinajstić information content (AvgIpc) is 3.78. The first-order valence-corrected chi connectivity index (χ1v) is 15.9. The zero-order valence-electron chi connectivity index (χ0n) is 27.0. The summed E-state index contributed by atoms with van der Waals surface area (Å²) in [5.74, 6) is -4.26. The Morgan fingerprint density at radius 1 is 1.13 bits per heavy atom. The quantitative estimate of drug-likeness (QED) is 0.275. The van der Waals surface area contributed by atoms with Gasteiger partial charge in [0.1, 0.15) is 29.5 Å². The molecule has 2 saturated heterocycles. The Morgan fingerprint density at radius 3 is 2.52 bits per heavy atom. The van der Waals surface area contributed by atoms with Gasteiger partial charge >= 0.3 is 17.9 Å². The predicted molar refractivity (Wildman–Crippen MR) is 154 cm³/mol. The lowest BCUT2D eigenvalue weighted by molar-refractivity contribution is -0.443. The molecule has 1 unspecified atom stereocenters. The van der Waals surface area contributed by atoms with E-state index in [1.54, 1.807) is 32.9 Å². The third-order valence-electron chi connectivity index (χ3n) is 13.4. The maximum Gasteiger partial charge on any atom is 0.333 e. The molecule has 1 aromatic heterocycles. The number of fused-ring (bicyclic) bond motifs is 4. The van der Waals surface area contributed by atoms with E-state index in [1.807, 2.05) is 20.8 Å². The molecule has 0 radical (unpaired) electrons. The van der Waals surface area contributed by atoms with Crippen molar-refractivity contribution in [3.8, 4) is 0 Å². The number of ether oxygens (including phenoxy) is 6. The molecule has 8 rings (SSSR count). The van der Waals surface area contributed by atoms with Crippen molar-refractivity contribution in [2.45, 2.75) is 114 Å². The van der Waals surface area contributed by atoms with Crippen LogP contribution in [0.2, 0.25) is 0 Å². The SMILES string of the molecule is C/C=C(\C)C(=O)O[C@H]1[C@@]2(C)C[C@]3(O)[C@@]1(O)[C@H]1OC4(C)O[C@@]5(CC[C@]6(C)C(=CC(=O)O[C@H]6c6ccoc6)[C@@]15O4)[C@]3(C)[C@H]2CC(=O)OC. The Kier molecular flexibility index (Phi) is 5.61. The molecule has 1 aromatic rings. The number of allylic oxidation sites excluding steroid dienone is 1. The third-order valence-corrected chi connectivity index (χ3v) is 13.4. The molecule has 12 nitrogen and oxygen atoms in total. The van der Waals surface area contributed by atoms with Gasteiger partial charge in [0.15, 0.2) is 11.2 Å². The Morgan fingerprint density at radius 2 is 1.87 bits per heavy atom. The van der Waals surface area contributed by atoms with E-state index in [0.29, 0.717) is 29.6 Å². The zero-order valence-corrected chi connectivity index (χ0v) is 27.0.